The van der Waals surface area contributed by atoms with Crippen LogP contribution >= 0.6 is 0 Å². The van der Waals surface area contributed by atoms with Crippen molar-refractivity contribution in [3.63, 3.8) is 0 Å². The zero-order valence-corrected chi connectivity index (χ0v) is 14.4. The van der Waals surface area contributed by atoms with Crippen LogP contribution in [-0.4, -0.2) is 19.3 Å². The molecule has 0 heterocycles. The molecule has 3 aliphatic carbocycles. The molecule has 114 valence electrons. The highest BCUT2D eigenvalue weighted by Crippen LogP contribution is 2.61. The maximum atomic E-state index is 8.71. The van der Waals surface area contributed by atoms with Crippen LogP contribution in [0.4, 0.5) is 0 Å². The molecule has 19 heavy (non-hydrogen) atoms. The molecule has 0 spiro atoms. The van der Waals surface area contributed by atoms with Crippen molar-refractivity contribution in [1.82, 2.24) is 0 Å². The molecule has 3 saturated carbocycles. The molecule has 1 N–H and O–H groups in total. The molecule has 2 nitrogen and oxygen atoms in total. The lowest BCUT2D eigenvalue weighted by Crippen LogP contribution is -2.51. The lowest BCUT2D eigenvalue weighted by Gasteiger charge is -2.59. The molecular weight excluding hydrogens is 235 g/mol. The molecule has 0 aromatic carbocycles. The molecule has 0 aromatic rings. The molecule has 2 bridgehead atoms. The molecule has 0 aromatic heterocycles. The Hall–Kier alpha value is -0.0151. The van der Waals surface area contributed by atoms with Gasteiger partial charge in [-0.15, -0.1) is 0 Å². The van der Waals surface area contributed by atoms with Gasteiger partial charge in [-0.3, -0.25) is 0 Å². The van der Waals surface area contributed by atoms with Crippen LogP contribution in [-0.2, 0) is 4.65 Å². The standard InChI is InChI=1S/C10H18.C4H11BO2.C2H6/c1-7-4-5-8-6-9(7)10(8,2)3;1-4(2)5(6)7-3;1-2/h7-9H,4-6H2,1-3H3;4,6H,1-3H3;1-2H3. The van der Waals surface area contributed by atoms with Crippen molar-refractivity contribution >= 4 is 7.12 Å². The minimum atomic E-state index is -0.597. The summed E-state index contributed by atoms with van der Waals surface area (Å²) in [6.45, 7) is 15.1. The highest BCUT2D eigenvalue weighted by atomic mass is 16.5. The molecule has 3 rings (SSSR count). The third-order valence-corrected chi connectivity index (χ3v) is 5.02. The summed E-state index contributed by atoms with van der Waals surface area (Å²) in [7, 11) is 0.894. The summed E-state index contributed by atoms with van der Waals surface area (Å²) in [6, 6.07) is 0. The van der Waals surface area contributed by atoms with Crippen LogP contribution < -0.4 is 0 Å². The van der Waals surface area contributed by atoms with Crippen LogP contribution in [0.1, 0.15) is 67.7 Å². The first-order valence-corrected chi connectivity index (χ1v) is 8.01. The zero-order valence-electron chi connectivity index (χ0n) is 14.4. The van der Waals surface area contributed by atoms with Gasteiger partial charge in [-0.1, -0.05) is 54.9 Å². The fourth-order valence-corrected chi connectivity index (χ4v) is 3.45. The van der Waals surface area contributed by atoms with Gasteiger partial charge in [0.15, 0.2) is 0 Å². The van der Waals surface area contributed by atoms with Crippen LogP contribution in [0, 0.1) is 23.2 Å². The monoisotopic (exact) mass is 270 g/mol. The minimum Gasteiger partial charge on any atom is -0.427 e. The lowest BCUT2D eigenvalue weighted by molar-refractivity contribution is -0.0988. The Morgan fingerprint density at radius 2 is 1.74 bits per heavy atom. The van der Waals surface area contributed by atoms with Gasteiger partial charge in [0.1, 0.15) is 0 Å². The largest absolute Gasteiger partial charge is 0.456 e. The summed E-state index contributed by atoms with van der Waals surface area (Å²) in [5.41, 5.74) is 0.706. The summed E-state index contributed by atoms with van der Waals surface area (Å²) in [5, 5.41) is 8.71. The van der Waals surface area contributed by atoms with Crippen molar-refractivity contribution in [1.29, 1.82) is 0 Å². The van der Waals surface area contributed by atoms with Gasteiger partial charge in [0.2, 0.25) is 0 Å². The number of hydrogen-bond acceptors (Lipinski definition) is 2. The van der Waals surface area contributed by atoms with Crippen LogP contribution in [0.15, 0.2) is 0 Å². The lowest BCUT2D eigenvalue weighted by atomic mass is 9.46. The summed E-state index contributed by atoms with van der Waals surface area (Å²) in [6.07, 6.45) is 4.54. The quantitative estimate of drug-likeness (QED) is 0.741. The summed E-state index contributed by atoms with van der Waals surface area (Å²) >= 11 is 0. The second kappa shape index (κ2) is 8.31. The van der Waals surface area contributed by atoms with Gasteiger partial charge in [0.05, 0.1) is 0 Å². The molecule has 3 unspecified atom stereocenters. The summed E-state index contributed by atoms with van der Waals surface area (Å²) < 4.78 is 4.57. The van der Waals surface area contributed by atoms with E-state index in [-0.39, 0.29) is 5.82 Å². The normalized spacial score (nSPS) is 30.3. The van der Waals surface area contributed by atoms with Crippen molar-refractivity contribution in [2.24, 2.45) is 23.2 Å². The van der Waals surface area contributed by atoms with Crippen LogP contribution in [0.2, 0.25) is 5.82 Å². The van der Waals surface area contributed by atoms with E-state index in [1.807, 2.05) is 27.7 Å². The van der Waals surface area contributed by atoms with E-state index in [0.29, 0.717) is 5.41 Å². The molecule has 0 aliphatic heterocycles. The minimum absolute atomic E-state index is 0.199. The van der Waals surface area contributed by atoms with Crippen molar-refractivity contribution in [2.45, 2.75) is 73.5 Å². The topological polar surface area (TPSA) is 29.5 Å². The second-order valence-corrected chi connectivity index (χ2v) is 6.79. The van der Waals surface area contributed by atoms with E-state index < -0.39 is 7.12 Å². The number of hydrogen-bond donors (Lipinski definition) is 1. The van der Waals surface area contributed by atoms with E-state index in [2.05, 4.69) is 25.4 Å². The zero-order chi connectivity index (χ0) is 15.2. The molecule has 3 atom stereocenters. The molecule has 0 saturated heterocycles. The Labute approximate surface area is 121 Å². The molecule has 3 fully saturated rings. The van der Waals surface area contributed by atoms with Crippen molar-refractivity contribution < 1.29 is 9.68 Å². The predicted molar refractivity (Wildman–Crippen MR) is 85.2 cm³/mol. The van der Waals surface area contributed by atoms with E-state index in [1.165, 1.54) is 26.4 Å². The number of fused-ring (bicyclic) bond motifs is 2. The van der Waals surface area contributed by atoms with E-state index >= 15 is 0 Å². The average molecular weight is 270 g/mol. The van der Waals surface area contributed by atoms with Gasteiger partial charge in [0, 0.05) is 7.11 Å². The highest BCUT2D eigenvalue weighted by Gasteiger charge is 2.52. The molecular formula is C16H35BO2. The van der Waals surface area contributed by atoms with E-state index in [0.717, 1.165) is 17.8 Å². The van der Waals surface area contributed by atoms with Crippen LogP contribution in [0.25, 0.3) is 0 Å². The maximum absolute atomic E-state index is 8.71. The van der Waals surface area contributed by atoms with E-state index in [4.69, 9.17) is 5.02 Å². The Morgan fingerprint density at radius 3 is 1.89 bits per heavy atom. The highest BCUT2D eigenvalue weighted by molar-refractivity contribution is 6.44. The Kier molecular flexibility index (Phi) is 8.30. The van der Waals surface area contributed by atoms with Crippen molar-refractivity contribution in [3.8, 4) is 0 Å². The Balaban J connectivity index is 0.000000321. The van der Waals surface area contributed by atoms with Gasteiger partial charge in [0.25, 0.3) is 0 Å². The average Bonchev–Trinajstić information content (AvgIpc) is 2.40. The third kappa shape index (κ3) is 4.79. The third-order valence-electron chi connectivity index (χ3n) is 5.02. The fourth-order valence-electron chi connectivity index (χ4n) is 3.45. The fraction of sp³-hybridized carbons (Fsp3) is 1.00. The molecule has 0 amide bonds. The van der Waals surface area contributed by atoms with Gasteiger partial charge in [-0.25, -0.2) is 0 Å². The smallest absolute Gasteiger partial charge is 0.427 e. The Morgan fingerprint density at radius 1 is 1.21 bits per heavy atom. The molecule has 3 heteroatoms. The van der Waals surface area contributed by atoms with Gasteiger partial charge >= 0.3 is 7.12 Å². The van der Waals surface area contributed by atoms with Crippen LogP contribution in [0.5, 0.6) is 0 Å². The predicted octanol–water partition coefficient (Wildman–Crippen LogP) is 4.63. The van der Waals surface area contributed by atoms with Gasteiger partial charge in [-0.2, -0.15) is 0 Å². The maximum Gasteiger partial charge on any atom is 0.456 e. The van der Waals surface area contributed by atoms with Gasteiger partial charge in [-0.05, 0) is 41.8 Å². The summed E-state index contributed by atoms with van der Waals surface area (Å²) in [4.78, 5) is 0. The molecule has 0 radical (unpaired) electrons. The first-order chi connectivity index (χ1) is 8.80. The second-order valence-electron chi connectivity index (χ2n) is 6.79. The first-order valence-electron chi connectivity index (χ1n) is 8.01. The van der Waals surface area contributed by atoms with Crippen molar-refractivity contribution in [3.05, 3.63) is 0 Å². The SMILES string of the molecule is CC.CC1CCC2CC1C2(C)C.COB(O)C(C)C. The van der Waals surface area contributed by atoms with Gasteiger partial charge < -0.3 is 9.68 Å². The Bertz CT molecular complexity index is 239. The van der Waals surface area contributed by atoms with E-state index in [1.54, 1.807) is 0 Å². The van der Waals surface area contributed by atoms with E-state index in [9.17, 15) is 0 Å². The number of rotatable bonds is 2. The van der Waals surface area contributed by atoms with Crippen LogP contribution in [0.3, 0.4) is 0 Å². The molecule has 3 aliphatic rings. The first kappa shape index (κ1) is 19.0. The van der Waals surface area contributed by atoms with Crippen molar-refractivity contribution in [2.75, 3.05) is 7.11 Å². The summed E-state index contributed by atoms with van der Waals surface area (Å²) in [5.74, 6) is 3.35.